The Labute approximate surface area is 50.5 Å². The van der Waals surface area contributed by atoms with Crippen LogP contribution in [0, 0.1) is 0 Å². The van der Waals surface area contributed by atoms with Gasteiger partial charge in [0.25, 0.3) is 0 Å². The first-order chi connectivity index (χ1) is 4.39. The average Bonchev–Trinajstić information content (AvgIpc) is 1.79. The third-order valence-corrected chi connectivity index (χ3v) is 0.867. The van der Waals surface area contributed by atoms with Gasteiger partial charge in [0.1, 0.15) is 6.79 Å². The molecule has 8 heavy (non-hydrogen) atoms. The van der Waals surface area contributed by atoms with Crippen LogP contribution >= 0.6 is 0 Å². The lowest BCUT2D eigenvalue weighted by Crippen LogP contribution is -2.03. The standard InChI is InChI=1S/C6H10O2/c1-2-4-7-6-8-5-3-1/h1-2H,3-6H2/b2-1+/i3D. The van der Waals surface area contributed by atoms with Crippen LogP contribution in [0.15, 0.2) is 12.2 Å². The highest BCUT2D eigenvalue weighted by molar-refractivity contribution is 4.81. The normalized spacial score (nSPS) is 37.0. The van der Waals surface area contributed by atoms with Crippen LogP contribution in [0.25, 0.3) is 0 Å². The Morgan fingerprint density at radius 1 is 1.38 bits per heavy atom. The predicted molar refractivity (Wildman–Crippen MR) is 30.5 cm³/mol. The molecule has 2 heteroatoms. The Morgan fingerprint density at radius 3 is 3.38 bits per heavy atom. The van der Waals surface area contributed by atoms with Gasteiger partial charge in [-0.05, 0) is 6.40 Å². The second-order valence-electron chi connectivity index (χ2n) is 1.52. The summed E-state index contributed by atoms with van der Waals surface area (Å²) in [5.74, 6) is 0. The molecule has 0 aromatic rings. The summed E-state index contributed by atoms with van der Waals surface area (Å²) in [5.41, 5.74) is 0. The summed E-state index contributed by atoms with van der Waals surface area (Å²) in [6.07, 6.45) is 3.41. The minimum absolute atomic E-state index is 0.214. The van der Waals surface area contributed by atoms with Crippen LogP contribution < -0.4 is 0 Å². The first-order valence-electron chi connectivity index (χ1n) is 3.22. The van der Waals surface area contributed by atoms with E-state index < -0.39 is 0 Å². The molecule has 1 rings (SSSR count). The molecule has 0 radical (unpaired) electrons. The molecule has 1 aliphatic rings. The summed E-state index contributed by atoms with van der Waals surface area (Å²) in [7, 11) is 0. The van der Waals surface area contributed by atoms with Crippen molar-refractivity contribution < 1.29 is 10.8 Å². The summed E-state index contributed by atoms with van der Waals surface area (Å²) in [6, 6.07) is 0. The smallest absolute Gasteiger partial charge is 0.147 e. The van der Waals surface area contributed by atoms with E-state index >= 15 is 0 Å². The maximum Gasteiger partial charge on any atom is 0.147 e. The highest BCUT2D eigenvalue weighted by atomic mass is 16.7. The molecule has 0 N–H and O–H groups in total. The molecule has 1 atom stereocenters. The Hall–Kier alpha value is -0.340. The molecule has 0 aromatic carbocycles. The zero-order chi connectivity index (χ0) is 6.53. The number of hydrogen-bond donors (Lipinski definition) is 0. The molecular weight excluding hydrogens is 104 g/mol. The second-order valence-corrected chi connectivity index (χ2v) is 1.52. The highest BCUT2D eigenvalue weighted by Gasteiger charge is 1.88. The molecule has 0 bridgehead atoms. The van der Waals surface area contributed by atoms with Crippen LogP contribution in [0.5, 0.6) is 0 Å². The number of ether oxygens (including phenoxy) is 2. The first kappa shape index (κ1) is 4.53. The summed E-state index contributed by atoms with van der Waals surface area (Å²) < 4.78 is 17.1. The van der Waals surface area contributed by atoms with Crippen LogP contribution in [0.3, 0.4) is 0 Å². The van der Waals surface area contributed by atoms with E-state index in [0.717, 1.165) is 0 Å². The minimum atomic E-state index is -0.214. The Bertz CT molecular complexity index is 103. The maximum absolute atomic E-state index is 7.24. The quantitative estimate of drug-likeness (QED) is 0.437. The van der Waals surface area contributed by atoms with Crippen molar-refractivity contribution in [2.24, 2.45) is 0 Å². The van der Waals surface area contributed by atoms with E-state index in [-0.39, 0.29) is 6.40 Å². The third kappa shape index (κ3) is 2.09. The lowest BCUT2D eigenvalue weighted by molar-refractivity contribution is -0.0452. The highest BCUT2D eigenvalue weighted by Crippen LogP contribution is 1.90. The lowest BCUT2D eigenvalue weighted by atomic mass is 10.4. The SMILES string of the molecule is [2H]C1/C=C/COCOC1. The van der Waals surface area contributed by atoms with Crippen molar-refractivity contribution in [2.75, 3.05) is 20.0 Å². The monoisotopic (exact) mass is 115 g/mol. The molecular formula is C6H10O2. The minimum Gasteiger partial charge on any atom is -0.355 e. The van der Waals surface area contributed by atoms with E-state index in [2.05, 4.69) is 0 Å². The Morgan fingerprint density at radius 2 is 2.38 bits per heavy atom. The van der Waals surface area contributed by atoms with Gasteiger partial charge < -0.3 is 9.47 Å². The van der Waals surface area contributed by atoms with Crippen LogP contribution in [-0.2, 0) is 9.47 Å². The first-order valence-corrected chi connectivity index (χ1v) is 2.64. The molecule has 0 amide bonds. The van der Waals surface area contributed by atoms with Crippen LogP contribution in [-0.4, -0.2) is 20.0 Å². The van der Waals surface area contributed by atoms with E-state index in [4.69, 9.17) is 10.8 Å². The lowest BCUT2D eigenvalue weighted by Gasteiger charge is -2.04. The molecule has 2 nitrogen and oxygen atoms in total. The zero-order valence-electron chi connectivity index (χ0n) is 5.67. The van der Waals surface area contributed by atoms with Gasteiger partial charge in [0.05, 0.1) is 13.2 Å². The Balaban J connectivity index is 2.30. The number of rotatable bonds is 0. The van der Waals surface area contributed by atoms with Gasteiger partial charge >= 0.3 is 0 Å². The van der Waals surface area contributed by atoms with Crippen molar-refractivity contribution in [3.8, 4) is 0 Å². The molecule has 1 heterocycles. The van der Waals surface area contributed by atoms with Gasteiger partial charge in [-0.25, -0.2) is 0 Å². The fourth-order valence-electron chi connectivity index (χ4n) is 0.499. The fourth-order valence-corrected chi connectivity index (χ4v) is 0.499. The van der Waals surface area contributed by atoms with E-state index in [1.54, 1.807) is 6.08 Å². The van der Waals surface area contributed by atoms with Crippen molar-refractivity contribution in [1.82, 2.24) is 0 Å². The summed E-state index contributed by atoms with van der Waals surface area (Å²) in [5, 5.41) is 0. The molecule has 0 aromatic heterocycles. The third-order valence-electron chi connectivity index (χ3n) is 0.867. The summed E-state index contributed by atoms with van der Waals surface area (Å²) in [6.45, 7) is 1.33. The van der Waals surface area contributed by atoms with Gasteiger partial charge in [-0.3, -0.25) is 0 Å². The molecule has 0 saturated heterocycles. The van der Waals surface area contributed by atoms with Gasteiger partial charge in [-0.15, -0.1) is 0 Å². The summed E-state index contributed by atoms with van der Waals surface area (Å²) in [4.78, 5) is 0. The van der Waals surface area contributed by atoms with Gasteiger partial charge in [0.2, 0.25) is 0 Å². The molecule has 0 aliphatic carbocycles. The molecule has 0 saturated carbocycles. The molecule has 46 valence electrons. The van der Waals surface area contributed by atoms with Crippen LogP contribution in [0.1, 0.15) is 7.77 Å². The van der Waals surface area contributed by atoms with Gasteiger partial charge in [0, 0.05) is 1.37 Å². The molecule has 1 unspecified atom stereocenters. The van der Waals surface area contributed by atoms with Gasteiger partial charge in [0.15, 0.2) is 0 Å². The van der Waals surface area contributed by atoms with E-state index in [1.807, 2.05) is 6.08 Å². The average molecular weight is 115 g/mol. The number of hydrogen-bond acceptors (Lipinski definition) is 2. The van der Waals surface area contributed by atoms with Crippen LogP contribution in [0.4, 0.5) is 0 Å². The second kappa shape index (κ2) is 3.64. The van der Waals surface area contributed by atoms with Gasteiger partial charge in [-0.1, -0.05) is 12.2 Å². The predicted octanol–water partition coefficient (Wildman–Crippen LogP) is 0.937. The molecule has 0 spiro atoms. The molecule has 1 aliphatic heterocycles. The largest absolute Gasteiger partial charge is 0.355 e. The maximum atomic E-state index is 7.24. The van der Waals surface area contributed by atoms with E-state index in [0.29, 0.717) is 20.0 Å². The van der Waals surface area contributed by atoms with Crippen molar-refractivity contribution in [3.63, 3.8) is 0 Å². The topological polar surface area (TPSA) is 18.5 Å². The zero-order valence-corrected chi connectivity index (χ0v) is 4.67. The van der Waals surface area contributed by atoms with Crippen LogP contribution in [0.2, 0.25) is 0 Å². The fraction of sp³-hybridized carbons (Fsp3) is 0.667. The Kier molecular flexibility index (Phi) is 2.06. The van der Waals surface area contributed by atoms with E-state index in [9.17, 15) is 0 Å². The van der Waals surface area contributed by atoms with Crippen molar-refractivity contribution in [2.45, 2.75) is 6.40 Å². The van der Waals surface area contributed by atoms with Crippen molar-refractivity contribution >= 4 is 0 Å². The molecule has 0 fully saturated rings. The van der Waals surface area contributed by atoms with Crippen molar-refractivity contribution in [1.29, 1.82) is 0 Å². The van der Waals surface area contributed by atoms with Gasteiger partial charge in [-0.2, -0.15) is 0 Å². The van der Waals surface area contributed by atoms with Crippen molar-refractivity contribution in [3.05, 3.63) is 12.2 Å². The van der Waals surface area contributed by atoms with E-state index in [1.165, 1.54) is 0 Å². The summed E-state index contributed by atoms with van der Waals surface area (Å²) >= 11 is 0.